The Bertz CT molecular complexity index is 1640. The molecular formula is C25H20F2N6O2. The van der Waals surface area contributed by atoms with Gasteiger partial charge in [-0.15, -0.1) is 0 Å². The van der Waals surface area contributed by atoms with Crippen LogP contribution >= 0.6 is 0 Å². The highest BCUT2D eigenvalue weighted by Crippen LogP contribution is 2.29. The molecule has 4 N–H and O–H groups in total. The van der Waals surface area contributed by atoms with Crippen LogP contribution in [0.5, 0.6) is 0 Å². The predicted molar refractivity (Wildman–Crippen MR) is 129 cm³/mol. The summed E-state index contributed by atoms with van der Waals surface area (Å²) in [7, 11) is 0. The van der Waals surface area contributed by atoms with Crippen molar-refractivity contribution < 1.29 is 13.6 Å². The summed E-state index contributed by atoms with van der Waals surface area (Å²) in [5.74, 6) is -0.768. The van der Waals surface area contributed by atoms with Gasteiger partial charge in [-0.1, -0.05) is 24.3 Å². The van der Waals surface area contributed by atoms with Gasteiger partial charge in [0.05, 0.1) is 22.1 Å². The van der Waals surface area contributed by atoms with Gasteiger partial charge in [-0.25, -0.2) is 23.7 Å². The van der Waals surface area contributed by atoms with Gasteiger partial charge in [-0.2, -0.15) is 5.10 Å². The quantitative estimate of drug-likeness (QED) is 0.301. The van der Waals surface area contributed by atoms with Crippen LogP contribution < -0.4 is 16.2 Å². The maximum absolute atomic E-state index is 14.8. The van der Waals surface area contributed by atoms with E-state index in [1.807, 2.05) is 0 Å². The van der Waals surface area contributed by atoms with E-state index >= 15 is 0 Å². The topological polar surface area (TPSA) is 116 Å². The standard InChI is InChI=1S/C25H20F2N6O2/c1-2-28-25(35)31-24-29-19-9-7-14(12-21(19)30-24)16-10-13(6-8-17(16)26)11-20-15-4-3-5-18(27)22(15)23(34)33-32-20/h3-10,12H,2,11H2,1H3,(H,33,34)(H3,28,29,30,31,35). The van der Waals surface area contributed by atoms with Gasteiger partial charge in [0.25, 0.3) is 5.56 Å². The lowest BCUT2D eigenvalue weighted by Gasteiger charge is -2.09. The zero-order valence-electron chi connectivity index (χ0n) is 18.6. The number of H-pyrrole nitrogens is 2. The van der Waals surface area contributed by atoms with Crippen LogP contribution in [0.3, 0.4) is 0 Å². The maximum atomic E-state index is 14.8. The lowest BCUT2D eigenvalue weighted by atomic mass is 9.98. The van der Waals surface area contributed by atoms with Crippen LogP contribution in [0, 0.1) is 11.6 Å². The number of carbonyl (C=O) groups excluding carboxylic acids is 1. The molecule has 0 unspecified atom stereocenters. The number of nitrogens with zero attached hydrogens (tertiary/aromatic N) is 2. The summed E-state index contributed by atoms with van der Waals surface area (Å²) in [6.07, 6.45) is 0.259. The summed E-state index contributed by atoms with van der Waals surface area (Å²) >= 11 is 0. The lowest BCUT2D eigenvalue weighted by molar-refractivity contribution is 0.252. The highest BCUT2D eigenvalue weighted by molar-refractivity contribution is 5.91. The number of carbonyl (C=O) groups is 1. The second-order valence-electron chi connectivity index (χ2n) is 7.95. The van der Waals surface area contributed by atoms with Crippen LogP contribution in [0.15, 0.2) is 59.4 Å². The highest BCUT2D eigenvalue weighted by atomic mass is 19.1. The molecule has 0 aliphatic heterocycles. The number of halogens is 2. The molecule has 0 fully saturated rings. The fourth-order valence-corrected chi connectivity index (χ4v) is 4.01. The van der Waals surface area contributed by atoms with E-state index in [0.29, 0.717) is 39.8 Å². The van der Waals surface area contributed by atoms with Crippen LogP contribution in [0.4, 0.5) is 19.5 Å². The van der Waals surface area contributed by atoms with Crippen LogP contribution in [-0.4, -0.2) is 32.7 Å². The first-order valence-electron chi connectivity index (χ1n) is 10.9. The Morgan fingerprint density at radius 3 is 2.74 bits per heavy atom. The molecule has 35 heavy (non-hydrogen) atoms. The van der Waals surface area contributed by atoms with E-state index in [1.165, 1.54) is 18.2 Å². The summed E-state index contributed by atoms with van der Waals surface area (Å²) in [5, 5.41) is 12.0. The minimum atomic E-state index is -0.625. The molecular weight excluding hydrogens is 454 g/mol. The number of aromatic amines is 2. The van der Waals surface area contributed by atoms with E-state index in [1.54, 1.807) is 43.3 Å². The summed E-state index contributed by atoms with van der Waals surface area (Å²) < 4.78 is 29.0. The number of imidazole rings is 1. The third-order valence-corrected chi connectivity index (χ3v) is 5.61. The van der Waals surface area contributed by atoms with Crippen molar-refractivity contribution in [1.82, 2.24) is 25.5 Å². The first-order chi connectivity index (χ1) is 16.9. The van der Waals surface area contributed by atoms with Gasteiger partial charge < -0.3 is 10.3 Å². The van der Waals surface area contributed by atoms with Crippen molar-refractivity contribution in [3.05, 3.63) is 87.8 Å². The second-order valence-corrected chi connectivity index (χ2v) is 7.95. The van der Waals surface area contributed by atoms with Crippen molar-refractivity contribution in [3.63, 3.8) is 0 Å². The number of fused-ring (bicyclic) bond motifs is 2. The number of nitrogens with one attached hydrogen (secondary N) is 4. The van der Waals surface area contributed by atoms with E-state index < -0.39 is 17.2 Å². The average Bonchev–Trinajstić information content (AvgIpc) is 3.23. The Labute approximate surface area is 197 Å². The summed E-state index contributed by atoms with van der Waals surface area (Å²) in [6.45, 7) is 2.28. The van der Waals surface area contributed by atoms with Crippen LogP contribution in [0.2, 0.25) is 0 Å². The van der Waals surface area contributed by atoms with Crippen molar-refractivity contribution in [2.75, 3.05) is 11.9 Å². The van der Waals surface area contributed by atoms with Gasteiger partial charge in [0, 0.05) is 23.9 Å². The molecule has 0 saturated carbocycles. The molecule has 5 aromatic rings. The Hall–Kier alpha value is -4.60. The molecule has 0 spiro atoms. The van der Waals surface area contributed by atoms with E-state index in [-0.39, 0.29) is 23.8 Å². The molecule has 0 atom stereocenters. The molecule has 5 rings (SSSR count). The fourth-order valence-electron chi connectivity index (χ4n) is 4.01. The summed E-state index contributed by atoms with van der Waals surface area (Å²) in [5.41, 5.74) is 2.79. The molecule has 2 heterocycles. The predicted octanol–water partition coefficient (Wildman–Crippen LogP) is 4.48. The zero-order chi connectivity index (χ0) is 24.5. The first-order valence-corrected chi connectivity index (χ1v) is 10.9. The average molecular weight is 474 g/mol. The Balaban J connectivity index is 1.49. The Morgan fingerprint density at radius 2 is 1.91 bits per heavy atom. The molecule has 8 nitrogen and oxygen atoms in total. The van der Waals surface area contributed by atoms with E-state index in [2.05, 4.69) is 30.8 Å². The van der Waals surface area contributed by atoms with Crippen LogP contribution in [0.1, 0.15) is 18.2 Å². The van der Waals surface area contributed by atoms with Crippen molar-refractivity contribution in [2.45, 2.75) is 13.3 Å². The third-order valence-electron chi connectivity index (χ3n) is 5.61. The molecule has 10 heteroatoms. The summed E-state index contributed by atoms with van der Waals surface area (Å²) in [6, 6.07) is 13.9. The van der Waals surface area contributed by atoms with Crippen molar-refractivity contribution in [3.8, 4) is 11.1 Å². The number of benzene rings is 3. The fraction of sp³-hybridized carbons (Fsp3) is 0.120. The molecule has 176 valence electrons. The van der Waals surface area contributed by atoms with Gasteiger partial charge in [0.2, 0.25) is 5.95 Å². The number of rotatable bonds is 5. The minimum absolute atomic E-state index is 0.0548. The van der Waals surface area contributed by atoms with E-state index in [9.17, 15) is 18.4 Å². The smallest absolute Gasteiger partial charge is 0.321 e. The van der Waals surface area contributed by atoms with Crippen LogP contribution in [0.25, 0.3) is 32.9 Å². The minimum Gasteiger partial charge on any atom is -0.338 e. The first kappa shape index (κ1) is 22.2. The number of urea groups is 1. The molecule has 0 aliphatic carbocycles. The Morgan fingerprint density at radius 1 is 1.06 bits per heavy atom. The highest BCUT2D eigenvalue weighted by Gasteiger charge is 2.14. The lowest BCUT2D eigenvalue weighted by Crippen LogP contribution is -2.28. The molecule has 0 bridgehead atoms. The normalized spacial score (nSPS) is 11.2. The molecule has 0 radical (unpaired) electrons. The number of amides is 2. The van der Waals surface area contributed by atoms with Gasteiger partial charge >= 0.3 is 6.03 Å². The summed E-state index contributed by atoms with van der Waals surface area (Å²) in [4.78, 5) is 31.2. The molecule has 0 saturated heterocycles. The van der Waals surface area contributed by atoms with Crippen molar-refractivity contribution >= 4 is 33.8 Å². The SMILES string of the molecule is CCNC(=O)Nc1nc2cc(-c3cc(Cc4n[nH]c(=O)c5c(F)cccc45)ccc3F)ccc2[nH]1. The van der Waals surface area contributed by atoms with Gasteiger partial charge in [0.15, 0.2) is 0 Å². The molecule has 3 aromatic carbocycles. The van der Waals surface area contributed by atoms with Crippen molar-refractivity contribution in [2.24, 2.45) is 0 Å². The molecule has 2 amide bonds. The molecule has 0 aliphatic rings. The molecule has 2 aromatic heterocycles. The van der Waals surface area contributed by atoms with Gasteiger partial charge in [-0.05, 0) is 48.4 Å². The number of aromatic nitrogens is 4. The zero-order valence-corrected chi connectivity index (χ0v) is 18.6. The Kier molecular flexibility index (Phi) is 5.69. The number of hydrogen-bond acceptors (Lipinski definition) is 4. The monoisotopic (exact) mass is 474 g/mol. The number of hydrogen-bond donors (Lipinski definition) is 4. The van der Waals surface area contributed by atoms with Crippen molar-refractivity contribution in [1.29, 1.82) is 0 Å². The van der Waals surface area contributed by atoms with Gasteiger partial charge in [-0.3, -0.25) is 10.1 Å². The third kappa shape index (κ3) is 4.33. The van der Waals surface area contributed by atoms with E-state index in [0.717, 1.165) is 5.56 Å². The van der Waals surface area contributed by atoms with Gasteiger partial charge in [0.1, 0.15) is 11.6 Å². The second kappa shape index (κ2) is 8.98. The maximum Gasteiger partial charge on any atom is 0.321 e. The van der Waals surface area contributed by atoms with Crippen LogP contribution in [-0.2, 0) is 6.42 Å². The largest absolute Gasteiger partial charge is 0.338 e. The van der Waals surface area contributed by atoms with E-state index in [4.69, 9.17) is 0 Å². The number of anilines is 1.